The first-order chi connectivity index (χ1) is 16.1. The van der Waals surface area contributed by atoms with E-state index in [0.717, 1.165) is 35.4 Å². The lowest BCUT2D eigenvalue weighted by molar-refractivity contribution is -0.123. The fourth-order valence-corrected chi connectivity index (χ4v) is 3.33. The van der Waals surface area contributed by atoms with Crippen molar-refractivity contribution in [1.82, 2.24) is 5.32 Å². The lowest BCUT2D eigenvalue weighted by atomic mass is 10.1. The molecule has 0 bridgehead atoms. The molecule has 0 aromatic heterocycles. The summed E-state index contributed by atoms with van der Waals surface area (Å²) in [6.07, 6.45) is 1.95. The van der Waals surface area contributed by atoms with Crippen LogP contribution in [0.4, 0.5) is 5.69 Å². The molecule has 0 aliphatic heterocycles. The van der Waals surface area contributed by atoms with Crippen LogP contribution in [0, 0.1) is 5.92 Å². The molecule has 4 rings (SSSR count). The number of nitrogens with one attached hydrogen (secondary N) is 2. The summed E-state index contributed by atoms with van der Waals surface area (Å²) >= 11 is 0. The van der Waals surface area contributed by atoms with E-state index in [-0.39, 0.29) is 30.4 Å². The number of hydrogen-bond acceptors (Lipinski definition) is 4. The largest absolute Gasteiger partial charge is 0.489 e. The molecule has 0 heterocycles. The number of ether oxygens (including phenoxy) is 2. The number of hydrogen-bond donors (Lipinski definition) is 2. The maximum Gasteiger partial charge on any atom is 0.258 e. The summed E-state index contributed by atoms with van der Waals surface area (Å²) in [7, 11) is 0. The third kappa shape index (κ3) is 6.84. The van der Waals surface area contributed by atoms with Gasteiger partial charge < -0.3 is 20.1 Å². The number of amides is 2. The minimum atomic E-state index is -0.210. The van der Waals surface area contributed by atoms with Gasteiger partial charge in [-0.15, -0.1) is 0 Å². The summed E-state index contributed by atoms with van der Waals surface area (Å²) < 4.78 is 11.4. The number of benzene rings is 3. The van der Waals surface area contributed by atoms with Crippen molar-refractivity contribution in [2.24, 2.45) is 5.92 Å². The molecule has 1 aliphatic carbocycles. The molecule has 6 nitrogen and oxygen atoms in total. The lowest BCUT2D eigenvalue weighted by Crippen LogP contribution is -2.31. The van der Waals surface area contributed by atoms with Gasteiger partial charge >= 0.3 is 0 Å². The molecule has 1 unspecified atom stereocenters. The van der Waals surface area contributed by atoms with Gasteiger partial charge in [-0.3, -0.25) is 9.59 Å². The van der Waals surface area contributed by atoms with Gasteiger partial charge in [0.25, 0.3) is 5.91 Å². The summed E-state index contributed by atoms with van der Waals surface area (Å²) in [4.78, 5) is 24.2. The van der Waals surface area contributed by atoms with Gasteiger partial charge in [0.15, 0.2) is 6.61 Å². The van der Waals surface area contributed by atoms with E-state index in [2.05, 4.69) is 10.6 Å². The molecule has 1 saturated carbocycles. The van der Waals surface area contributed by atoms with Gasteiger partial charge in [-0.1, -0.05) is 42.5 Å². The molecule has 1 aliphatic rings. The normalized spacial score (nSPS) is 13.6. The highest BCUT2D eigenvalue weighted by atomic mass is 16.5. The average Bonchev–Trinajstić information content (AvgIpc) is 3.69. The van der Waals surface area contributed by atoms with Crippen LogP contribution in [0.1, 0.15) is 36.9 Å². The Morgan fingerprint density at radius 3 is 2.15 bits per heavy atom. The molecule has 33 heavy (non-hydrogen) atoms. The molecule has 0 spiro atoms. The van der Waals surface area contributed by atoms with Crippen LogP contribution in [0.25, 0.3) is 0 Å². The van der Waals surface area contributed by atoms with E-state index in [9.17, 15) is 9.59 Å². The first kappa shape index (κ1) is 22.4. The van der Waals surface area contributed by atoms with Crippen molar-refractivity contribution in [3.05, 3.63) is 90.0 Å². The standard InChI is InChI=1S/C27H28N2O4/c1-19(21-9-11-23(12-10-21)29-27(31)22-7-8-22)28-26(30)18-33-25-15-13-24(14-16-25)32-17-20-5-3-2-4-6-20/h2-6,9-16,19,22H,7-8,17-18H2,1H3,(H,28,30)(H,29,31). The smallest absolute Gasteiger partial charge is 0.258 e. The van der Waals surface area contributed by atoms with Crippen molar-refractivity contribution in [3.63, 3.8) is 0 Å². The topological polar surface area (TPSA) is 76.7 Å². The highest BCUT2D eigenvalue weighted by Crippen LogP contribution is 2.30. The van der Waals surface area contributed by atoms with E-state index in [0.29, 0.717) is 12.4 Å². The second-order valence-corrected chi connectivity index (χ2v) is 8.21. The first-order valence-corrected chi connectivity index (χ1v) is 11.2. The van der Waals surface area contributed by atoms with Crippen LogP contribution in [-0.4, -0.2) is 18.4 Å². The van der Waals surface area contributed by atoms with Crippen LogP contribution in [-0.2, 0) is 16.2 Å². The molecule has 3 aromatic carbocycles. The van der Waals surface area contributed by atoms with Crippen molar-refractivity contribution >= 4 is 17.5 Å². The molecule has 0 saturated heterocycles. The van der Waals surface area contributed by atoms with E-state index < -0.39 is 0 Å². The quantitative estimate of drug-likeness (QED) is 0.468. The SMILES string of the molecule is CC(NC(=O)COc1ccc(OCc2ccccc2)cc1)c1ccc(NC(=O)C2CC2)cc1. The zero-order chi connectivity index (χ0) is 23.0. The molecule has 1 fully saturated rings. The van der Waals surface area contributed by atoms with Crippen molar-refractivity contribution in [2.45, 2.75) is 32.4 Å². The number of carbonyl (C=O) groups is 2. The van der Waals surface area contributed by atoms with E-state index in [1.807, 2.05) is 73.7 Å². The lowest BCUT2D eigenvalue weighted by Gasteiger charge is -2.15. The fraction of sp³-hybridized carbons (Fsp3) is 0.259. The molecular formula is C27H28N2O4. The van der Waals surface area contributed by atoms with Crippen molar-refractivity contribution < 1.29 is 19.1 Å². The Morgan fingerprint density at radius 2 is 1.52 bits per heavy atom. The number of carbonyl (C=O) groups excluding carboxylic acids is 2. The van der Waals surface area contributed by atoms with Crippen LogP contribution >= 0.6 is 0 Å². The molecule has 170 valence electrons. The van der Waals surface area contributed by atoms with E-state index in [4.69, 9.17) is 9.47 Å². The van der Waals surface area contributed by atoms with Gasteiger partial charge in [-0.05, 0) is 67.3 Å². The van der Waals surface area contributed by atoms with Crippen LogP contribution in [0.2, 0.25) is 0 Å². The molecule has 2 N–H and O–H groups in total. The summed E-state index contributed by atoms with van der Waals surface area (Å²) in [6.45, 7) is 2.33. The van der Waals surface area contributed by atoms with E-state index >= 15 is 0 Å². The van der Waals surface area contributed by atoms with Crippen molar-refractivity contribution in [2.75, 3.05) is 11.9 Å². The molecule has 0 radical (unpaired) electrons. The van der Waals surface area contributed by atoms with E-state index in [1.54, 1.807) is 12.1 Å². The Kier molecular flexibility index (Phi) is 7.25. The maximum absolute atomic E-state index is 12.3. The van der Waals surface area contributed by atoms with Crippen molar-refractivity contribution in [3.8, 4) is 11.5 Å². The predicted octanol–water partition coefficient (Wildman–Crippen LogP) is 4.87. The Morgan fingerprint density at radius 1 is 0.879 bits per heavy atom. The zero-order valence-corrected chi connectivity index (χ0v) is 18.6. The second-order valence-electron chi connectivity index (χ2n) is 8.21. The first-order valence-electron chi connectivity index (χ1n) is 11.2. The number of rotatable bonds is 10. The number of anilines is 1. The molecule has 3 aromatic rings. The van der Waals surface area contributed by atoms with Crippen LogP contribution in [0.5, 0.6) is 11.5 Å². The summed E-state index contributed by atoms with van der Waals surface area (Å²) in [5, 5.41) is 5.84. The molecule has 2 amide bonds. The van der Waals surface area contributed by atoms with Crippen molar-refractivity contribution in [1.29, 1.82) is 0 Å². The third-order valence-corrected chi connectivity index (χ3v) is 5.45. The highest BCUT2D eigenvalue weighted by Gasteiger charge is 2.29. The van der Waals surface area contributed by atoms with Crippen LogP contribution in [0.15, 0.2) is 78.9 Å². The second kappa shape index (κ2) is 10.7. The third-order valence-electron chi connectivity index (χ3n) is 5.45. The van der Waals surface area contributed by atoms with Crippen LogP contribution in [0.3, 0.4) is 0 Å². The predicted molar refractivity (Wildman–Crippen MR) is 127 cm³/mol. The Bertz CT molecular complexity index is 1060. The Labute approximate surface area is 193 Å². The van der Waals surface area contributed by atoms with Gasteiger partial charge in [0.2, 0.25) is 5.91 Å². The summed E-state index contributed by atoms with van der Waals surface area (Å²) in [6, 6.07) is 24.5. The van der Waals surface area contributed by atoms with E-state index in [1.165, 1.54) is 0 Å². The summed E-state index contributed by atoms with van der Waals surface area (Å²) in [5.41, 5.74) is 2.82. The van der Waals surface area contributed by atoms with Gasteiger partial charge in [-0.25, -0.2) is 0 Å². The Hall–Kier alpha value is -3.80. The van der Waals surface area contributed by atoms with Gasteiger partial charge in [-0.2, -0.15) is 0 Å². The maximum atomic E-state index is 12.3. The Balaban J connectivity index is 1.19. The highest BCUT2D eigenvalue weighted by molar-refractivity contribution is 5.94. The monoisotopic (exact) mass is 444 g/mol. The van der Waals surface area contributed by atoms with Crippen LogP contribution < -0.4 is 20.1 Å². The minimum Gasteiger partial charge on any atom is -0.489 e. The minimum absolute atomic E-state index is 0.0793. The average molecular weight is 445 g/mol. The molecule has 6 heteroatoms. The zero-order valence-electron chi connectivity index (χ0n) is 18.6. The molecular weight excluding hydrogens is 416 g/mol. The molecule has 1 atom stereocenters. The fourth-order valence-electron chi connectivity index (χ4n) is 3.33. The van der Waals surface area contributed by atoms with Gasteiger partial charge in [0.05, 0.1) is 6.04 Å². The van der Waals surface area contributed by atoms with Gasteiger partial charge in [0.1, 0.15) is 18.1 Å². The van der Waals surface area contributed by atoms with Gasteiger partial charge in [0, 0.05) is 11.6 Å². The summed E-state index contributed by atoms with van der Waals surface area (Å²) in [5.74, 6) is 1.37.